The van der Waals surface area contributed by atoms with Crippen LogP contribution in [0.2, 0.25) is 5.02 Å². The molecule has 10 nitrogen and oxygen atoms in total. The summed E-state index contributed by atoms with van der Waals surface area (Å²) >= 11 is 6.38. The predicted octanol–water partition coefficient (Wildman–Crippen LogP) is 4.78. The monoisotopic (exact) mass is 586 g/mol. The van der Waals surface area contributed by atoms with Gasteiger partial charge in [-0.2, -0.15) is 0 Å². The highest BCUT2D eigenvalue weighted by Crippen LogP contribution is 2.28. The SMILES string of the molecule is CCCNC(=O)[C@H](CC)N(Cc1ccccc1Cl)C(=O)CN(c1cccc([N+](=O)[O-])c1)S(=O)(=O)c1ccccc1. The Balaban J connectivity index is 2.09. The van der Waals surface area contributed by atoms with Crippen molar-refractivity contribution in [2.75, 3.05) is 17.4 Å². The molecule has 0 spiro atoms. The van der Waals surface area contributed by atoms with Crippen molar-refractivity contribution < 1.29 is 22.9 Å². The molecule has 0 saturated carbocycles. The zero-order valence-corrected chi connectivity index (χ0v) is 23.8. The summed E-state index contributed by atoms with van der Waals surface area (Å²) < 4.78 is 28.4. The van der Waals surface area contributed by atoms with E-state index in [0.29, 0.717) is 23.6 Å². The van der Waals surface area contributed by atoms with E-state index in [1.807, 2.05) is 6.92 Å². The number of hydrogen-bond acceptors (Lipinski definition) is 6. The van der Waals surface area contributed by atoms with Gasteiger partial charge >= 0.3 is 0 Å². The highest BCUT2D eigenvalue weighted by atomic mass is 35.5. The van der Waals surface area contributed by atoms with Crippen LogP contribution in [0.25, 0.3) is 0 Å². The molecule has 2 amide bonds. The number of carbonyl (C=O) groups is 2. The van der Waals surface area contributed by atoms with E-state index in [0.717, 1.165) is 10.4 Å². The van der Waals surface area contributed by atoms with Crippen LogP contribution in [-0.2, 0) is 26.2 Å². The van der Waals surface area contributed by atoms with Crippen molar-refractivity contribution in [1.29, 1.82) is 0 Å². The lowest BCUT2D eigenvalue weighted by Gasteiger charge is -2.33. The van der Waals surface area contributed by atoms with Gasteiger partial charge in [-0.1, -0.05) is 67.9 Å². The molecule has 0 aliphatic heterocycles. The van der Waals surface area contributed by atoms with Crippen LogP contribution < -0.4 is 9.62 Å². The van der Waals surface area contributed by atoms with Crippen molar-refractivity contribution in [2.45, 2.75) is 44.2 Å². The second-order valence-electron chi connectivity index (χ2n) is 8.93. The number of non-ortho nitro benzene ring substituents is 1. The molecule has 0 heterocycles. The predicted molar refractivity (Wildman–Crippen MR) is 153 cm³/mol. The summed E-state index contributed by atoms with van der Waals surface area (Å²) in [4.78, 5) is 39.1. The first kappa shape index (κ1) is 30.6. The number of anilines is 1. The van der Waals surface area contributed by atoms with Crippen LogP contribution in [0, 0.1) is 10.1 Å². The van der Waals surface area contributed by atoms with E-state index in [1.165, 1.54) is 47.4 Å². The number of nitro groups is 1. The number of benzene rings is 3. The minimum atomic E-state index is -4.34. The van der Waals surface area contributed by atoms with E-state index in [-0.39, 0.29) is 35.1 Å². The lowest BCUT2D eigenvalue weighted by molar-refractivity contribution is -0.384. The molecule has 3 aromatic rings. The van der Waals surface area contributed by atoms with Crippen molar-refractivity contribution >= 4 is 44.8 Å². The Hall–Kier alpha value is -3.96. The summed E-state index contributed by atoms with van der Waals surface area (Å²) in [5.41, 5.74) is 0.177. The number of sulfonamides is 1. The standard InChI is InChI=1S/C28H31ClN4O6S/c1-3-17-30-28(35)26(4-2)31(19-21-11-8-9-16-25(21)29)27(34)20-32(22-12-10-13-23(18-22)33(36)37)40(38,39)24-14-6-5-7-15-24/h5-16,18,26H,3-4,17,19-20H2,1-2H3,(H,30,35)/t26-/m0/s1. The van der Waals surface area contributed by atoms with E-state index >= 15 is 0 Å². The van der Waals surface area contributed by atoms with Gasteiger partial charge in [0.1, 0.15) is 12.6 Å². The Morgan fingerprint density at radius 2 is 1.68 bits per heavy atom. The third-order valence-corrected chi connectivity index (χ3v) is 8.33. The summed E-state index contributed by atoms with van der Waals surface area (Å²) in [5, 5.41) is 14.6. The molecule has 0 unspecified atom stereocenters. The van der Waals surface area contributed by atoms with Gasteiger partial charge in [0.25, 0.3) is 15.7 Å². The summed E-state index contributed by atoms with van der Waals surface area (Å²) in [6, 6.07) is 18.5. The van der Waals surface area contributed by atoms with E-state index in [4.69, 9.17) is 11.6 Å². The van der Waals surface area contributed by atoms with Crippen molar-refractivity contribution in [3.05, 3.63) is 99.6 Å². The van der Waals surface area contributed by atoms with Gasteiger partial charge in [-0.25, -0.2) is 8.42 Å². The van der Waals surface area contributed by atoms with Gasteiger partial charge in [-0.05, 0) is 42.7 Å². The Bertz CT molecular complexity index is 1450. The van der Waals surface area contributed by atoms with E-state index in [1.54, 1.807) is 37.3 Å². The highest BCUT2D eigenvalue weighted by Gasteiger charge is 2.34. The molecular formula is C28H31ClN4O6S. The molecule has 3 rings (SSSR count). The third-order valence-electron chi connectivity index (χ3n) is 6.17. The molecule has 0 aliphatic carbocycles. The summed E-state index contributed by atoms with van der Waals surface area (Å²) in [7, 11) is -4.34. The van der Waals surface area contributed by atoms with Gasteiger partial charge in [-0.3, -0.25) is 24.0 Å². The van der Waals surface area contributed by atoms with Gasteiger partial charge in [-0.15, -0.1) is 0 Å². The number of rotatable bonds is 13. The van der Waals surface area contributed by atoms with E-state index in [2.05, 4.69) is 5.32 Å². The molecule has 0 aromatic heterocycles. The Morgan fingerprint density at radius 3 is 2.30 bits per heavy atom. The first-order chi connectivity index (χ1) is 19.1. The fourth-order valence-corrected chi connectivity index (χ4v) is 5.73. The molecule has 3 aromatic carbocycles. The van der Waals surface area contributed by atoms with Gasteiger partial charge in [0, 0.05) is 30.2 Å². The largest absolute Gasteiger partial charge is 0.354 e. The smallest absolute Gasteiger partial charge is 0.271 e. The lowest BCUT2D eigenvalue weighted by Crippen LogP contribution is -2.52. The van der Waals surface area contributed by atoms with Gasteiger partial charge in [0.2, 0.25) is 11.8 Å². The van der Waals surface area contributed by atoms with Crippen LogP contribution in [0.3, 0.4) is 0 Å². The van der Waals surface area contributed by atoms with Crippen LogP contribution >= 0.6 is 11.6 Å². The lowest BCUT2D eigenvalue weighted by atomic mass is 10.1. The van der Waals surface area contributed by atoms with Gasteiger partial charge in [0.15, 0.2) is 0 Å². The maximum Gasteiger partial charge on any atom is 0.271 e. The summed E-state index contributed by atoms with van der Waals surface area (Å²) in [6.45, 7) is 3.30. The number of carbonyl (C=O) groups excluding carboxylic acids is 2. The zero-order valence-electron chi connectivity index (χ0n) is 22.2. The second-order valence-corrected chi connectivity index (χ2v) is 11.2. The highest BCUT2D eigenvalue weighted by molar-refractivity contribution is 7.92. The number of hydrogen-bond donors (Lipinski definition) is 1. The van der Waals surface area contributed by atoms with Crippen molar-refractivity contribution in [1.82, 2.24) is 10.2 Å². The Morgan fingerprint density at radius 1 is 1.00 bits per heavy atom. The van der Waals surface area contributed by atoms with E-state index in [9.17, 15) is 28.1 Å². The fourth-order valence-electron chi connectivity index (χ4n) is 4.11. The quantitative estimate of drug-likeness (QED) is 0.227. The molecule has 0 aliphatic rings. The van der Waals surface area contributed by atoms with Crippen molar-refractivity contribution in [2.24, 2.45) is 0 Å². The molecular weight excluding hydrogens is 556 g/mol. The molecule has 0 fully saturated rings. The van der Waals surface area contributed by atoms with Crippen molar-refractivity contribution in [3.8, 4) is 0 Å². The summed E-state index contributed by atoms with van der Waals surface area (Å²) in [6.07, 6.45) is 0.949. The zero-order chi connectivity index (χ0) is 29.3. The number of nitrogens with one attached hydrogen (secondary N) is 1. The summed E-state index contributed by atoms with van der Waals surface area (Å²) in [5.74, 6) is -1.05. The van der Waals surface area contributed by atoms with Crippen molar-refractivity contribution in [3.63, 3.8) is 0 Å². The third kappa shape index (κ3) is 7.36. The Kier molecular flexibility index (Phi) is 10.6. The maximum absolute atomic E-state index is 14.0. The average Bonchev–Trinajstić information content (AvgIpc) is 2.95. The molecule has 0 radical (unpaired) electrons. The number of nitrogens with zero attached hydrogens (tertiary/aromatic N) is 3. The number of halogens is 1. The Labute approximate surface area is 238 Å². The van der Waals surface area contributed by atoms with Gasteiger partial charge in [0.05, 0.1) is 15.5 Å². The topological polar surface area (TPSA) is 130 Å². The molecule has 40 heavy (non-hydrogen) atoms. The maximum atomic E-state index is 14.0. The minimum Gasteiger partial charge on any atom is -0.354 e. The minimum absolute atomic E-state index is 0.0509. The molecule has 12 heteroatoms. The normalized spacial score (nSPS) is 11.9. The first-order valence-electron chi connectivity index (χ1n) is 12.7. The molecule has 0 saturated heterocycles. The second kappa shape index (κ2) is 13.9. The van der Waals surface area contributed by atoms with Gasteiger partial charge < -0.3 is 10.2 Å². The van der Waals surface area contributed by atoms with Crippen LogP contribution in [0.4, 0.5) is 11.4 Å². The molecule has 212 valence electrons. The molecule has 0 bridgehead atoms. The van der Waals surface area contributed by atoms with Crippen LogP contribution in [0.1, 0.15) is 32.3 Å². The fraction of sp³-hybridized carbons (Fsp3) is 0.286. The van der Waals surface area contributed by atoms with Crippen LogP contribution in [0.5, 0.6) is 0 Å². The average molecular weight is 587 g/mol. The van der Waals surface area contributed by atoms with E-state index < -0.39 is 33.4 Å². The number of amides is 2. The van der Waals surface area contributed by atoms with Crippen LogP contribution in [0.15, 0.2) is 83.8 Å². The van der Waals surface area contributed by atoms with Crippen LogP contribution in [-0.4, -0.2) is 49.2 Å². The molecule has 1 atom stereocenters. The number of nitro benzene ring substituents is 1. The molecule has 1 N–H and O–H groups in total. The first-order valence-corrected chi connectivity index (χ1v) is 14.5.